The van der Waals surface area contributed by atoms with Crippen LogP contribution in [0.25, 0.3) is 0 Å². The molecule has 2 aliphatic heterocycles. The van der Waals surface area contributed by atoms with E-state index in [0.29, 0.717) is 22.4 Å². The van der Waals surface area contributed by atoms with Crippen molar-refractivity contribution in [1.29, 1.82) is 0 Å². The fraction of sp³-hybridized carbons (Fsp3) is 0.520. The second-order valence-corrected chi connectivity index (χ2v) is 9.97. The Kier molecular flexibility index (Phi) is 6.39. The predicted octanol–water partition coefficient (Wildman–Crippen LogP) is 2.00. The van der Waals surface area contributed by atoms with Gasteiger partial charge < -0.3 is 34.6 Å². The Morgan fingerprint density at radius 3 is 2.33 bits per heavy atom. The summed E-state index contributed by atoms with van der Waals surface area (Å²) in [6.07, 6.45) is -3.06. The van der Waals surface area contributed by atoms with Gasteiger partial charge >= 0.3 is 0 Å². The summed E-state index contributed by atoms with van der Waals surface area (Å²) in [4.78, 5) is 0. The Labute approximate surface area is 197 Å². The number of hydrogen-bond donors (Lipinski definition) is 4. The molecule has 1 spiro atoms. The van der Waals surface area contributed by atoms with Crippen LogP contribution in [-0.2, 0) is 15.9 Å². The maximum Gasteiger partial charge on any atom is 0.119 e. The van der Waals surface area contributed by atoms with E-state index in [0.717, 1.165) is 42.9 Å². The van der Waals surface area contributed by atoms with Gasteiger partial charge in [0.05, 0.1) is 19.8 Å². The highest BCUT2D eigenvalue weighted by Crippen LogP contribution is 2.48. The van der Waals surface area contributed by atoms with Crippen LogP contribution in [0.5, 0.6) is 5.75 Å². The molecule has 0 aromatic heterocycles. The smallest absolute Gasteiger partial charge is 0.119 e. The van der Waals surface area contributed by atoms with Crippen molar-refractivity contribution in [2.75, 3.05) is 19.8 Å². The molecule has 2 saturated heterocycles. The lowest BCUT2D eigenvalue weighted by atomic mass is 9.65. The van der Waals surface area contributed by atoms with Crippen LogP contribution in [0.2, 0.25) is 5.02 Å². The molecule has 0 unspecified atom stereocenters. The summed E-state index contributed by atoms with van der Waals surface area (Å²) in [5.74, 6) is 0.847. The summed E-state index contributed by atoms with van der Waals surface area (Å²) >= 11 is 6.43. The van der Waals surface area contributed by atoms with Crippen molar-refractivity contribution < 1.29 is 34.6 Å². The minimum atomic E-state index is -1.42. The molecule has 1 saturated carbocycles. The van der Waals surface area contributed by atoms with Gasteiger partial charge in [-0.2, -0.15) is 0 Å². The first-order chi connectivity index (χ1) is 15.9. The lowest BCUT2D eigenvalue weighted by Crippen LogP contribution is -2.56. The summed E-state index contributed by atoms with van der Waals surface area (Å²) in [5.41, 5.74) is 2.87. The molecule has 3 fully saturated rings. The summed E-state index contributed by atoms with van der Waals surface area (Å²) in [6.45, 7) is 1.25. The minimum absolute atomic E-state index is 0.254. The summed E-state index contributed by atoms with van der Waals surface area (Å²) < 4.78 is 17.1. The van der Waals surface area contributed by atoms with E-state index in [1.54, 1.807) is 12.1 Å². The van der Waals surface area contributed by atoms with Gasteiger partial charge in [0.2, 0.25) is 0 Å². The van der Waals surface area contributed by atoms with Crippen LogP contribution in [0.15, 0.2) is 42.5 Å². The minimum Gasteiger partial charge on any atom is -0.490 e. The zero-order chi connectivity index (χ0) is 23.2. The Hall–Kier alpha value is -1.71. The molecule has 2 heterocycles. The second-order valence-electron chi connectivity index (χ2n) is 9.56. The number of benzene rings is 2. The van der Waals surface area contributed by atoms with Gasteiger partial charge in [0.15, 0.2) is 0 Å². The molecule has 1 aliphatic carbocycles. The Bertz CT molecular complexity index is 967. The molecule has 0 bridgehead atoms. The van der Waals surface area contributed by atoms with Crippen LogP contribution in [0.3, 0.4) is 0 Å². The molecule has 8 heteroatoms. The first-order valence-electron chi connectivity index (χ1n) is 11.3. The molecular weight excluding hydrogens is 448 g/mol. The molecule has 3 aliphatic rings. The van der Waals surface area contributed by atoms with Crippen molar-refractivity contribution in [1.82, 2.24) is 0 Å². The third kappa shape index (κ3) is 4.51. The highest BCUT2D eigenvalue weighted by Gasteiger charge is 2.51. The fourth-order valence-electron chi connectivity index (χ4n) is 5.00. The maximum atomic E-state index is 10.4. The summed E-state index contributed by atoms with van der Waals surface area (Å²) in [6, 6.07) is 13.2. The van der Waals surface area contributed by atoms with Crippen LogP contribution in [0.4, 0.5) is 0 Å². The summed E-state index contributed by atoms with van der Waals surface area (Å²) in [7, 11) is 0. The predicted molar refractivity (Wildman–Crippen MR) is 120 cm³/mol. The van der Waals surface area contributed by atoms with Crippen molar-refractivity contribution in [3.05, 3.63) is 64.2 Å². The number of aliphatic hydroxyl groups excluding tert-OH is 4. The van der Waals surface area contributed by atoms with E-state index in [4.69, 9.17) is 25.8 Å². The zero-order valence-corrected chi connectivity index (χ0v) is 18.9. The maximum absolute atomic E-state index is 10.4. The van der Waals surface area contributed by atoms with E-state index in [2.05, 4.69) is 0 Å². The number of hydrogen-bond acceptors (Lipinski definition) is 7. The first-order valence-corrected chi connectivity index (χ1v) is 11.7. The van der Waals surface area contributed by atoms with Crippen molar-refractivity contribution in [2.45, 2.75) is 55.9 Å². The number of ether oxygens (including phenoxy) is 3. The van der Waals surface area contributed by atoms with Gasteiger partial charge in [-0.15, -0.1) is 0 Å². The average molecular weight is 477 g/mol. The van der Waals surface area contributed by atoms with Gasteiger partial charge in [0.25, 0.3) is 0 Å². The normalized spacial score (nSPS) is 31.1. The van der Waals surface area contributed by atoms with Crippen molar-refractivity contribution in [2.24, 2.45) is 5.41 Å². The lowest BCUT2D eigenvalue weighted by molar-refractivity contribution is -0.231. The Morgan fingerprint density at radius 1 is 0.970 bits per heavy atom. The van der Waals surface area contributed by atoms with Crippen LogP contribution in [0, 0.1) is 5.41 Å². The monoisotopic (exact) mass is 476 g/mol. The lowest BCUT2D eigenvalue weighted by Gasteiger charge is -2.52. The van der Waals surface area contributed by atoms with Gasteiger partial charge in [-0.25, -0.2) is 0 Å². The van der Waals surface area contributed by atoms with Gasteiger partial charge in [0.1, 0.15) is 42.4 Å². The van der Waals surface area contributed by atoms with E-state index in [1.807, 2.05) is 30.3 Å². The molecule has 7 nitrogen and oxygen atoms in total. The molecule has 5 rings (SSSR count). The molecule has 0 amide bonds. The van der Waals surface area contributed by atoms with Gasteiger partial charge in [-0.3, -0.25) is 0 Å². The standard InChI is InChI=1S/C25H29ClO7/c26-19-6-3-15(24-23(30)22(29)21(28)20(11-27)33-24)8-16(19)7-14-1-4-17(5-2-14)32-18-9-25(10-18)12-31-13-25/h1-6,8,18,20-24,27-30H,7,9-13H2/t20-,21-,22+,23-,24+/m1/s1. The molecule has 178 valence electrons. The molecule has 4 N–H and O–H groups in total. The van der Waals surface area contributed by atoms with Crippen LogP contribution >= 0.6 is 11.6 Å². The average Bonchev–Trinajstić information content (AvgIpc) is 2.76. The molecule has 2 aromatic carbocycles. The topological polar surface area (TPSA) is 109 Å². The Balaban J connectivity index is 1.25. The van der Waals surface area contributed by atoms with Crippen LogP contribution in [0.1, 0.15) is 35.6 Å². The van der Waals surface area contributed by atoms with Crippen molar-refractivity contribution >= 4 is 11.6 Å². The first kappa shape index (κ1) is 23.1. The molecular formula is C25H29ClO7. The van der Waals surface area contributed by atoms with Gasteiger partial charge in [-0.05, 0) is 54.2 Å². The quantitative estimate of drug-likeness (QED) is 0.505. The van der Waals surface area contributed by atoms with E-state index in [9.17, 15) is 20.4 Å². The van der Waals surface area contributed by atoms with Crippen LogP contribution in [-0.4, -0.2) is 70.8 Å². The molecule has 0 radical (unpaired) electrons. The second kappa shape index (κ2) is 9.15. The molecule has 5 atom stereocenters. The van der Waals surface area contributed by atoms with Crippen molar-refractivity contribution in [3.63, 3.8) is 0 Å². The largest absolute Gasteiger partial charge is 0.490 e. The van der Waals surface area contributed by atoms with Crippen molar-refractivity contribution in [3.8, 4) is 5.75 Å². The Morgan fingerprint density at radius 2 is 1.70 bits per heavy atom. The van der Waals surface area contributed by atoms with E-state index >= 15 is 0 Å². The highest BCUT2D eigenvalue weighted by atomic mass is 35.5. The molecule has 2 aromatic rings. The zero-order valence-electron chi connectivity index (χ0n) is 18.1. The van der Waals surface area contributed by atoms with E-state index in [1.165, 1.54) is 0 Å². The third-order valence-electron chi connectivity index (χ3n) is 7.05. The fourth-order valence-corrected chi connectivity index (χ4v) is 5.18. The number of halogens is 1. The van der Waals surface area contributed by atoms with E-state index in [-0.39, 0.29) is 6.10 Å². The van der Waals surface area contributed by atoms with Gasteiger partial charge in [-0.1, -0.05) is 35.9 Å². The third-order valence-corrected chi connectivity index (χ3v) is 7.42. The number of rotatable bonds is 6. The molecule has 33 heavy (non-hydrogen) atoms. The van der Waals surface area contributed by atoms with Crippen LogP contribution < -0.4 is 4.74 Å². The SMILES string of the molecule is OC[C@H]1O[C@@H](c2ccc(Cl)c(Cc3ccc(OC4CC5(COC5)C4)cc3)c2)[C@H](O)[C@@H](O)[C@@H]1O. The van der Waals surface area contributed by atoms with Gasteiger partial charge in [0, 0.05) is 10.4 Å². The van der Waals surface area contributed by atoms with E-state index < -0.39 is 37.1 Å². The number of aliphatic hydroxyl groups is 4. The summed E-state index contributed by atoms with van der Waals surface area (Å²) in [5, 5.41) is 40.6. The highest BCUT2D eigenvalue weighted by molar-refractivity contribution is 6.31.